The van der Waals surface area contributed by atoms with E-state index < -0.39 is 24.0 Å². The summed E-state index contributed by atoms with van der Waals surface area (Å²) in [7, 11) is 0. The molecule has 0 aliphatic carbocycles. The molecular weight excluding hydrogens is 294 g/mol. The lowest BCUT2D eigenvalue weighted by Crippen LogP contribution is -2.49. The number of aromatic amines is 1. The van der Waals surface area contributed by atoms with Crippen LogP contribution < -0.4 is 11.1 Å². The van der Waals surface area contributed by atoms with E-state index in [0.717, 1.165) is 16.5 Å². The van der Waals surface area contributed by atoms with Crippen molar-refractivity contribution in [2.75, 3.05) is 0 Å². The van der Waals surface area contributed by atoms with Gasteiger partial charge in [-0.05, 0) is 24.0 Å². The number of para-hydroxylation sites is 1. The number of benzene rings is 1. The van der Waals surface area contributed by atoms with Crippen molar-refractivity contribution >= 4 is 22.8 Å². The average molecular weight is 317 g/mol. The molecule has 6 nitrogen and oxygen atoms in total. The van der Waals surface area contributed by atoms with Gasteiger partial charge < -0.3 is 21.1 Å². The third-order valence-electron chi connectivity index (χ3n) is 3.78. The van der Waals surface area contributed by atoms with Crippen LogP contribution in [0.15, 0.2) is 30.5 Å². The van der Waals surface area contributed by atoms with Gasteiger partial charge >= 0.3 is 5.97 Å². The zero-order chi connectivity index (χ0) is 17.0. The van der Waals surface area contributed by atoms with Crippen LogP contribution in [-0.2, 0) is 16.0 Å². The second-order valence-electron chi connectivity index (χ2n) is 6.20. The van der Waals surface area contributed by atoms with Gasteiger partial charge in [0.05, 0.1) is 6.04 Å². The molecule has 1 amide bonds. The monoisotopic (exact) mass is 317 g/mol. The van der Waals surface area contributed by atoms with Gasteiger partial charge in [-0.2, -0.15) is 0 Å². The minimum atomic E-state index is -1.07. The van der Waals surface area contributed by atoms with Crippen LogP contribution in [0.5, 0.6) is 0 Å². The van der Waals surface area contributed by atoms with E-state index >= 15 is 0 Å². The van der Waals surface area contributed by atoms with Crippen LogP contribution in [0.1, 0.15) is 25.8 Å². The Balaban J connectivity index is 2.10. The highest BCUT2D eigenvalue weighted by molar-refractivity contribution is 5.88. The molecule has 0 spiro atoms. The summed E-state index contributed by atoms with van der Waals surface area (Å²) < 4.78 is 0. The van der Waals surface area contributed by atoms with Gasteiger partial charge in [-0.15, -0.1) is 0 Å². The van der Waals surface area contributed by atoms with E-state index in [4.69, 9.17) is 5.73 Å². The van der Waals surface area contributed by atoms with Crippen molar-refractivity contribution in [2.24, 2.45) is 11.7 Å². The average Bonchev–Trinajstić information content (AvgIpc) is 2.89. The van der Waals surface area contributed by atoms with E-state index in [2.05, 4.69) is 10.3 Å². The summed E-state index contributed by atoms with van der Waals surface area (Å²) in [6.07, 6.45) is 2.51. The number of amides is 1. The summed E-state index contributed by atoms with van der Waals surface area (Å²) in [4.78, 5) is 26.7. The van der Waals surface area contributed by atoms with E-state index in [1.807, 2.05) is 38.1 Å². The minimum Gasteiger partial charge on any atom is -0.480 e. The van der Waals surface area contributed by atoms with Crippen molar-refractivity contribution in [3.05, 3.63) is 36.0 Å². The fourth-order valence-electron chi connectivity index (χ4n) is 2.61. The van der Waals surface area contributed by atoms with Crippen molar-refractivity contribution < 1.29 is 14.7 Å². The maximum atomic E-state index is 12.1. The molecule has 1 aromatic heterocycles. The molecule has 0 radical (unpaired) electrons. The lowest BCUT2D eigenvalue weighted by atomic mass is 10.0. The van der Waals surface area contributed by atoms with Crippen molar-refractivity contribution in [3.63, 3.8) is 0 Å². The van der Waals surface area contributed by atoms with E-state index in [9.17, 15) is 14.7 Å². The van der Waals surface area contributed by atoms with Crippen molar-refractivity contribution in [3.8, 4) is 0 Å². The predicted octanol–water partition coefficient (Wildman–Crippen LogP) is 1.65. The number of carboxylic acid groups (broad SMARTS) is 1. The first kappa shape index (κ1) is 17.0. The van der Waals surface area contributed by atoms with E-state index in [0.29, 0.717) is 6.42 Å². The lowest BCUT2D eigenvalue weighted by Gasteiger charge is -2.18. The summed E-state index contributed by atoms with van der Waals surface area (Å²) in [5.41, 5.74) is 7.61. The van der Waals surface area contributed by atoms with Gasteiger partial charge in [-0.25, -0.2) is 4.79 Å². The minimum absolute atomic E-state index is 0.208. The molecule has 0 saturated carbocycles. The standard InChI is InChI=1S/C17H23N3O3/c1-10(2)7-13(18)16(21)20-15(17(22)23)8-11-9-19-14-6-4-3-5-12(11)14/h3-6,9-10,13,15,19H,7-8,18H2,1-2H3,(H,20,21)(H,22,23)/t13-,15+/m0/s1. The number of hydrogen-bond acceptors (Lipinski definition) is 3. The van der Waals surface area contributed by atoms with Crippen LogP contribution in [0.3, 0.4) is 0 Å². The van der Waals surface area contributed by atoms with Crippen LogP contribution in [0.4, 0.5) is 0 Å². The van der Waals surface area contributed by atoms with Gasteiger partial charge in [-0.3, -0.25) is 4.79 Å². The van der Waals surface area contributed by atoms with Gasteiger partial charge in [0.25, 0.3) is 0 Å². The third-order valence-corrected chi connectivity index (χ3v) is 3.78. The number of aliphatic carboxylic acids is 1. The van der Waals surface area contributed by atoms with Gasteiger partial charge in [0.15, 0.2) is 0 Å². The molecule has 2 atom stereocenters. The largest absolute Gasteiger partial charge is 0.480 e. The quantitative estimate of drug-likeness (QED) is 0.622. The van der Waals surface area contributed by atoms with Crippen LogP contribution in [-0.4, -0.2) is 34.1 Å². The Labute approximate surface area is 135 Å². The fourth-order valence-corrected chi connectivity index (χ4v) is 2.61. The zero-order valence-corrected chi connectivity index (χ0v) is 13.4. The molecule has 1 aromatic carbocycles. The van der Waals surface area contributed by atoms with Gasteiger partial charge in [0.2, 0.25) is 5.91 Å². The number of aromatic nitrogens is 1. The molecule has 0 unspecified atom stereocenters. The predicted molar refractivity (Wildman–Crippen MR) is 89.0 cm³/mol. The number of nitrogens with two attached hydrogens (primary N) is 1. The number of carbonyl (C=O) groups is 2. The molecule has 0 bridgehead atoms. The highest BCUT2D eigenvalue weighted by atomic mass is 16.4. The molecule has 0 saturated heterocycles. The van der Waals surface area contributed by atoms with E-state index in [-0.39, 0.29) is 12.3 Å². The zero-order valence-electron chi connectivity index (χ0n) is 13.4. The molecule has 6 heteroatoms. The van der Waals surface area contributed by atoms with Crippen LogP contribution in [0, 0.1) is 5.92 Å². The molecule has 5 N–H and O–H groups in total. The van der Waals surface area contributed by atoms with Crippen molar-refractivity contribution in [1.29, 1.82) is 0 Å². The topological polar surface area (TPSA) is 108 Å². The SMILES string of the molecule is CC(C)C[C@H](N)C(=O)N[C@H](Cc1c[nH]c2ccccc12)C(=O)O. The Morgan fingerprint density at radius 2 is 2.00 bits per heavy atom. The number of carbonyl (C=O) groups excluding carboxylic acids is 1. The van der Waals surface area contributed by atoms with E-state index in [1.54, 1.807) is 6.20 Å². The second-order valence-corrected chi connectivity index (χ2v) is 6.20. The molecule has 124 valence electrons. The lowest BCUT2D eigenvalue weighted by molar-refractivity contribution is -0.142. The third kappa shape index (κ3) is 4.32. The van der Waals surface area contributed by atoms with Gasteiger partial charge in [0.1, 0.15) is 6.04 Å². The summed E-state index contributed by atoms with van der Waals surface area (Å²) in [5, 5.41) is 12.9. The van der Waals surface area contributed by atoms with Gasteiger partial charge in [0, 0.05) is 23.5 Å². The highest BCUT2D eigenvalue weighted by Crippen LogP contribution is 2.19. The fraction of sp³-hybridized carbons (Fsp3) is 0.412. The maximum absolute atomic E-state index is 12.1. The first-order valence-electron chi connectivity index (χ1n) is 7.72. The van der Waals surface area contributed by atoms with Crippen LogP contribution in [0.25, 0.3) is 10.9 Å². The van der Waals surface area contributed by atoms with Crippen molar-refractivity contribution in [1.82, 2.24) is 10.3 Å². The molecule has 23 heavy (non-hydrogen) atoms. The number of rotatable bonds is 7. The Morgan fingerprint density at radius 3 is 2.65 bits per heavy atom. The Hall–Kier alpha value is -2.34. The first-order valence-corrected chi connectivity index (χ1v) is 7.72. The second kappa shape index (κ2) is 7.28. The number of hydrogen-bond donors (Lipinski definition) is 4. The summed E-state index contributed by atoms with van der Waals surface area (Å²) in [6.45, 7) is 3.93. The number of nitrogens with one attached hydrogen (secondary N) is 2. The summed E-state index contributed by atoms with van der Waals surface area (Å²) >= 11 is 0. The smallest absolute Gasteiger partial charge is 0.326 e. The molecule has 0 aliphatic heterocycles. The number of H-pyrrole nitrogens is 1. The summed E-state index contributed by atoms with van der Waals surface area (Å²) in [5.74, 6) is -1.22. The summed E-state index contributed by atoms with van der Waals surface area (Å²) in [6, 6.07) is 5.95. The van der Waals surface area contributed by atoms with Crippen LogP contribution >= 0.6 is 0 Å². The molecule has 1 heterocycles. The van der Waals surface area contributed by atoms with Crippen LogP contribution in [0.2, 0.25) is 0 Å². The number of carboxylic acids is 1. The Kier molecular flexibility index (Phi) is 5.39. The molecule has 0 aliphatic rings. The number of fused-ring (bicyclic) bond motifs is 1. The van der Waals surface area contributed by atoms with E-state index in [1.165, 1.54) is 0 Å². The molecule has 2 rings (SSSR count). The maximum Gasteiger partial charge on any atom is 0.326 e. The van der Waals surface area contributed by atoms with Crippen molar-refractivity contribution in [2.45, 2.75) is 38.8 Å². The Morgan fingerprint density at radius 1 is 1.30 bits per heavy atom. The molecule has 2 aromatic rings. The molecule has 0 fully saturated rings. The molecular formula is C17H23N3O3. The normalized spacial score (nSPS) is 13.9. The highest BCUT2D eigenvalue weighted by Gasteiger charge is 2.24. The Bertz CT molecular complexity index is 693. The van der Waals surface area contributed by atoms with Gasteiger partial charge in [-0.1, -0.05) is 32.0 Å². The first-order chi connectivity index (χ1) is 10.9.